The summed E-state index contributed by atoms with van der Waals surface area (Å²) >= 11 is 1.61. The molecule has 0 saturated heterocycles. The van der Waals surface area contributed by atoms with E-state index >= 15 is 0 Å². The third kappa shape index (κ3) is 4.38. The molecule has 1 N–H and O–H groups in total. The van der Waals surface area contributed by atoms with Crippen LogP contribution in [0.3, 0.4) is 0 Å². The van der Waals surface area contributed by atoms with Gasteiger partial charge in [0, 0.05) is 10.6 Å². The predicted molar refractivity (Wildman–Crippen MR) is 100 cm³/mol. The number of rotatable bonds is 5. The molecular formula is C20H25NOS. The number of benzene rings is 2. The molecule has 122 valence electrons. The van der Waals surface area contributed by atoms with E-state index in [1.54, 1.807) is 11.8 Å². The first-order chi connectivity index (χ1) is 10.9. The fourth-order valence-corrected chi connectivity index (χ4v) is 3.46. The van der Waals surface area contributed by atoms with Crippen molar-refractivity contribution in [3.63, 3.8) is 0 Å². The Kier molecular flexibility index (Phi) is 5.89. The first kappa shape index (κ1) is 17.6. The molecule has 0 aliphatic carbocycles. The maximum Gasteiger partial charge on any atom is 0.237 e. The molecule has 0 aliphatic rings. The minimum atomic E-state index is -0.143. The predicted octanol–water partition coefficient (Wildman–Crippen LogP) is 5.55. The summed E-state index contributed by atoms with van der Waals surface area (Å²) in [7, 11) is 0. The second-order valence-electron chi connectivity index (χ2n) is 6.21. The van der Waals surface area contributed by atoms with E-state index in [1.807, 2.05) is 38.1 Å². The molecule has 0 spiro atoms. The number of hydrogen-bond acceptors (Lipinski definition) is 2. The fourth-order valence-electron chi connectivity index (χ4n) is 2.50. The number of amides is 1. The van der Waals surface area contributed by atoms with Gasteiger partial charge in [-0.25, -0.2) is 0 Å². The van der Waals surface area contributed by atoms with Crippen molar-refractivity contribution in [1.29, 1.82) is 0 Å². The minimum absolute atomic E-state index is 0.0504. The molecule has 2 aromatic rings. The van der Waals surface area contributed by atoms with Gasteiger partial charge in [-0.2, -0.15) is 0 Å². The number of para-hydroxylation sites is 1. The Morgan fingerprint density at radius 3 is 2.26 bits per heavy atom. The maximum atomic E-state index is 12.6. The van der Waals surface area contributed by atoms with Crippen LogP contribution in [0.25, 0.3) is 0 Å². The average Bonchev–Trinajstić information content (AvgIpc) is 2.51. The van der Waals surface area contributed by atoms with Crippen molar-refractivity contribution < 1.29 is 4.79 Å². The highest BCUT2D eigenvalue weighted by molar-refractivity contribution is 8.00. The molecule has 0 aromatic heterocycles. The van der Waals surface area contributed by atoms with Gasteiger partial charge in [-0.05, 0) is 49.4 Å². The van der Waals surface area contributed by atoms with Gasteiger partial charge in [0.25, 0.3) is 0 Å². The van der Waals surface area contributed by atoms with Crippen LogP contribution in [-0.4, -0.2) is 11.2 Å². The number of carbonyl (C=O) groups excluding carboxylic acids is 1. The number of carbonyl (C=O) groups is 1. The first-order valence-electron chi connectivity index (χ1n) is 8.02. The Labute approximate surface area is 143 Å². The van der Waals surface area contributed by atoms with Gasteiger partial charge in [0.2, 0.25) is 5.91 Å². The van der Waals surface area contributed by atoms with E-state index in [1.165, 1.54) is 11.1 Å². The fraction of sp³-hybridized carbons (Fsp3) is 0.350. The number of anilines is 1. The first-order valence-corrected chi connectivity index (χ1v) is 8.90. The van der Waals surface area contributed by atoms with Crippen LogP contribution in [0, 0.1) is 13.8 Å². The number of nitrogens with one attached hydrogen (secondary N) is 1. The Morgan fingerprint density at radius 2 is 1.61 bits per heavy atom. The normalized spacial score (nSPS) is 12.3. The lowest BCUT2D eigenvalue weighted by Crippen LogP contribution is -2.23. The monoisotopic (exact) mass is 327 g/mol. The number of hydrogen-bond donors (Lipinski definition) is 1. The second kappa shape index (κ2) is 7.69. The summed E-state index contributed by atoms with van der Waals surface area (Å²) in [5.41, 5.74) is 4.46. The van der Waals surface area contributed by atoms with Crippen LogP contribution in [0.15, 0.2) is 47.4 Å². The molecule has 1 unspecified atom stereocenters. The molecular weight excluding hydrogens is 302 g/mol. The van der Waals surface area contributed by atoms with Crippen molar-refractivity contribution in [3.05, 3.63) is 59.2 Å². The van der Waals surface area contributed by atoms with Gasteiger partial charge in [0.1, 0.15) is 0 Å². The third-order valence-electron chi connectivity index (χ3n) is 3.94. The van der Waals surface area contributed by atoms with Crippen LogP contribution in [-0.2, 0) is 4.79 Å². The second-order valence-corrected chi connectivity index (χ2v) is 7.59. The van der Waals surface area contributed by atoms with Crippen molar-refractivity contribution in [3.8, 4) is 0 Å². The van der Waals surface area contributed by atoms with Gasteiger partial charge in [-0.15, -0.1) is 11.8 Å². The molecule has 2 aromatic carbocycles. The summed E-state index contributed by atoms with van der Waals surface area (Å²) in [6.45, 7) is 10.4. The van der Waals surface area contributed by atoms with Gasteiger partial charge >= 0.3 is 0 Å². The Hall–Kier alpha value is -1.74. The van der Waals surface area contributed by atoms with Crippen LogP contribution < -0.4 is 5.32 Å². The molecule has 0 radical (unpaired) electrons. The Bertz CT molecular complexity index is 694. The summed E-state index contributed by atoms with van der Waals surface area (Å²) in [5.74, 6) is 0.430. The van der Waals surface area contributed by atoms with Crippen molar-refractivity contribution in [2.75, 3.05) is 5.32 Å². The van der Waals surface area contributed by atoms with E-state index < -0.39 is 0 Å². The summed E-state index contributed by atoms with van der Waals surface area (Å²) in [6.07, 6.45) is 0. The maximum absolute atomic E-state index is 12.6. The lowest BCUT2D eigenvalue weighted by atomic mass is 9.98. The Morgan fingerprint density at radius 1 is 0.957 bits per heavy atom. The van der Waals surface area contributed by atoms with Gasteiger partial charge in [-0.1, -0.05) is 50.2 Å². The zero-order chi connectivity index (χ0) is 17.0. The molecule has 3 heteroatoms. The van der Waals surface area contributed by atoms with Crippen LogP contribution in [0.5, 0.6) is 0 Å². The summed E-state index contributed by atoms with van der Waals surface area (Å²) in [5, 5.41) is 3.00. The molecule has 23 heavy (non-hydrogen) atoms. The minimum Gasteiger partial charge on any atom is -0.325 e. The standard InChI is InChI=1S/C20H25NOS/c1-13(2)17-11-8-10-15(4)19(17)21-20(22)16(5)23-18-12-7-6-9-14(18)3/h6-13,16H,1-5H3,(H,21,22). The molecule has 0 fully saturated rings. The van der Waals surface area contributed by atoms with Crippen molar-refractivity contribution in [2.24, 2.45) is 0 Å². The quantitative estimate of drug-likeness (QED) is 0.730. The summed E-state index contributed by atoms with van der Waals surface area (Å²) < 4.78 is 0. The van der Waals surface area contributed by atoms with E-state index in [0.717, 1.165) is 16.1 Å². The SMILES string of the molecule is Cc1ccccc1SC(C)C(=O)Nc1c(C)cccc1C(C)C. The van der Waals surface area contributed by atoms with Crippen LogP contribution in [0.1, 0.15) is 43.4 Å². The topological polar surface area (TPSA) is 29.1 Å². The van der Waals surface area contributed by atoms with Crippen molar-refractivity contribution in [2.45, 2.75) is 50.7 Å². The van der Waals surface area contributed by atoms with E-state index in [-0.39, 0.29) is 11.2 Å². The highest BCUT2D eigenvalue weighted by atomic mass is 32.2. The van der Waals surface area contributed by atoms with Gasteiger partial charge in [-0.3, -0.25) is 4.79 Å². The van der Waals surface area contributed by atoms with E-state index in [9.17, 15) is 4.79 Å². The molecule has 1 atom stereocenters. The molecule has 0 saturated carbocycles. The molecule has 0 heterocycles. The summed E-state index contributed by atoms with van der Waals surface area (Å²) in [4.78, 5) is 13.8. The van der Waals surface area contributed by atoms with Gasteiger partial charge in [0.15, 0.2) is 0 Å². The van der Waals surface area contributed by atoms with Crippen LogP contribution >= 0.6 is 11.8 Å². The zero-order valence-electron chi connectivity index (χ0n) is 14.5. The molecule has 2 rings (SSSR count). The van der Waals surface area contributed by atoms with E-state index in [4.69, 9.17) is 0 Å². The summed E-state index contributed by atoms with van der Waals surface area (Å²) in [6, 6.07) is 14.4. The molecule has 1 amide bonds. The van der Waals surface area contributed by atoms with Crippen molar-refractivity contribution in [1.82, 2.24) is 0 Å². The smallest absolute Gasteiger partial charge is 0.237 e. The zero-order valence-corrected chi connectivity index (χ0v) is 15.3. The third-order valence-corrected chi connectivity index (χ3v) is 5.22. The molecule has 0 bridgehead atoms. The average molecular weight is 327 g/mol. The lowest BCUT2D eigenvalue weighted by molar-refractivity contribution is -0.115. The number of aryl methyl sites for hydroxylation is 2. The highest BCUT2D eigenvalue weighted by Gasteiger charge is 2.18. The van der Waals surface area contributed by atoms with E-state index in [2.05, 4.69) is 44.3 Å². The van der Waals surface area contributed by atoms with Gasteiger partial charge < -0.3 is 5.32 Å². The van der Waals surface area contributed by atoms with E-state index in [0.29, 0.717) is 5.92 Å². The molecule has 0 aliphatic heterocycles. The highest BCUT2D eigenvalue weighted by Crippen LogP contribution is 2.30. The Balaban J connectivity index is 2.15. The lowest BCUT2D eigenvalue weighted by Gasteiger charge is -2.19. The van der Waals surface area contributed by atoms with Crippen molar-refractivity contribution >= 4 is 23.4 Å². The molecule has 2 nitrogen and oxygen atoms in total. The number of thioether (sulfide) groups is 1. The van der Waals surface area contributed by atoms with Crippen LogP contribution in [0.2, 0.25) is 0 Å². The largest absolute Gasteiger partial charge is 0.325 e. The van der Waals surface area contributed by atoms with Crippen LogP contribution in [0.4, 0.5) is 5.69 Å². The van der Waals surface area contributed by atoms with Gasteiger partial charge in [0.05, 0.1) is 5.25 Å².